The van der Waals surface area contributed by atoms with Gasteiger partial charge in [-0.15, -0.1) is 0 Å². The normalized spacial score (nSPS) is 20.8. The Morgan fingerprint density at radius 3 is 2.61 bits per heavy atom. The molecule has 0 bridgehead atoms. The third kappa shape index (κ3) is 6.26. The predicted molar refractivity (Wildman–Crippen MR) is 154 cm³/mol. The Morgan fingerprint density at radius 1 is 1.20 bits per heavy atom. The summed E-state index contributed by atoms with van der Waals surface area (Å²) in [6.07, 6.45) is 0.953. The van der Waals surface area contributed by atoms with Gasteiger partial charge >= 0.3 is 0 Å². The highest BCUT2D eigenvalue weighted by molar-refractivity contribution is 6.31. The van der Waals surface area contributed by atoms with Crippen molar-refractivity contribution in [3.05, 3.63) is 64.4 Å². The van der Waals surface area contributed by atoms with Crippen molar-refractivity contribution in [2.24, 2.45) is 11.8 Å². The van der Waals surface area contributed by atoms with Crippen LogP contribution in [0.15, 0.2) is 42.5 Å². The Morgan fingerprint density at radius 2 is 1.98 bits per heavy atom. The van der Waals surface area contributed by atoms with Gasteiger partial charge in [0.15, 0.2) is 0 Å². The Labute approximate surface area is 243 Å². The number of ether oxygens (including phenoxy) is 1. The lowest BCUT2D eigenvalue weighted by Crippen LogP contribution is -2.57. The Kier molecular flexibility index (Phi) is 8.94. The molecule has 1 unspecified atom stereocenters. The van der Waals surface area contributed by atoms with Crippen LogP contribution < -0.4 is 10.6 Å². The van der Waals surface area contributed by atoms with E-state index in [-0.39, 0.29) is 24.3 Å². The summed E-state index contributed by atoms with van der Waals surface area (Å²) < 4.78 is 31.2. The van der Waals surface area contributed by atoms with E-state index < -0.39 is 30.3 Å². The number of nitrogens with zero attached hydrogens (tertiary/aromatic N) is 1. The van der Waals surface area contributed by atoms with Gasteiger partial charge in [0.25, 0.3) is 6.43 Å². The number of H-pyrrole nitrogens is 1. The van der Waals surface area contributed by atoms with E-state index in [1.165, 1.54) is 0 Å². The maximum atomic E-state index is 13.9. The van der Waals surface area contributed by atoms with Gasteiger partial charge in [-0.05, 0) is 66.3 Å². The van der Waals surface area contributed by atoms with Crippen molar-refractivity contribution < 1.29 is 23.1 Å². The molecular weight excluding hydrogens is 550 g/mol. The highest BCUT2D eigenvalue weighted by Crippen LogP contribution is 2.37. The van der Waals surface area contributed by atoms with Crippen LogP contribution in [0.4, 0.5) is 8.78 Å². The monoisotopic (exact) mass is 586 g/mol. The molecule has 2 fully saturated rings. The zero-order valence-corrected chi connectivity index (χ0v) is 24.1. The molecule has 2 aliphatic rings. The Balaban J connectivity index is 1.39. The number of imidazole rings is 1. The summed E-state index contributed by atoms with van der Waals surface area (Å²) >= 11 is 6.53. The predicted octanol–water partition coefficient (Wildman–Crippen LogP) is 5.52. The van der Waals surface area contributed by atoms with Crippen LogP contribution >= 0.6 is 11.6 Å². The van der Waals surface area contributed by atoms with Crippen LogP contribution in [0.3, 0.4) is 0 Å². The Bertz CT molecular complexity index is 1380. The maximum Gasteiger partial charge on any atom is 0.255 e. The van der Waals surface area contributed by atoms with Crippen molar-refractivity contribution in [3.8, 4) is 0 Å². The zero-order chi connectivity index (χ0) is 29.1. The third-order valence-corrected chi connectivity index (χ3v) is 9.03. The first kappa shape index (κ1) is 29.5. The van der Waals surface area contributed by atoms with Gasteiger partial charge in [0.05, 0.1) is 29.6 Å². The standard InChI is InChI=1S/C31H37ClF2N4O3/c1-18(2)22(21-8-3-4-9-23(21)32)15-27-36-24-11-10-20(14-25(24)37-27)31(12-13-41-17-31)30(40)38-28(19-6-5-7-19)29(39)35-16-26(33)34/h3-4,8-11,14,18-19,22,26,28H,5-7,12-13,15-17H2,1-2H3,(H,35,39)(H,36,37)(H,38,40)/t22-,28+,31?/m0/s1. The van der Waals surface area contributed by atoms with Gasteiger partial charge in [-0.2, -0.15) is 0 Å². The summed E-state index contributed by atoms with van der Waals surface area (Å²) in [6, 6.07) is 12.8. The number of fused-ring (bicyclic) bond motifs is 1. The molecule has 41 heavy (non-hydrogen) atoms. The largest absolute Gasteiger partial charge is 0.380 e. The summed E-state index contributed by atoms with van der Waals surface area (Å²) in [4.78, 5) is 34.9. The summed E-state index contributed by atoms with van der Waals surface area (Å²) in [5.74, 6) is 0.381. The lowest BCUT2D eigenvalue weighted by Gasteiger charge is -2.36. The number of rotatable bonds is 11. The van der Waals surface area contributed by atoms with Gasteiger partial charge in [0.1, 0.15) is 11.9 Å². The molecule has 1 aromatic heterocycles. The fraction of sp³-hybridized carbons (Fsp3) is 0.516. The first-order valence-electron chi connectivity index (χ1n) is 14.4. The number of hydrogen-bond acceptors (Lipinski definition) is 4. The second-order valence-electron chi connectivity index (χ2n) is 11.7. The fourth-order valence-electron chi connectivity index (χ4n) is 5.99. The SMILES string of the molecule is CC(C)[C@H](Cc1nc2ccc(C3(C(=O)N[C@@H](C(=O)NCC(F)F)C4CCC4)CCOC3)cc2[nH]1)c1ccccc1Cl. The molecule has 2 heterocycles. The van der Waals surface area contributed by atoms with Gasteiger partial charge < -0.3 is 20.4 Å². The molecule has 1 saturated heterocycles. The van der Waals surface area contributed by atoms with Gasteiger partial charge in [-0.25, -0.2) is 13.8 Å². The van der Waals surface area contributed by atoms with Crippen LogP contribution in [-0.4, -0.2) is 54.0 Å². The van der Waals surface area contributed by atoms with E-state index in [4.69, 9.17) is 21.3 Å². The summed E-state index contributed by atoms with van der Waals surface area (Å²) in [6.45, 7) is 4.17. The molecule has 220 valence electrons. The molecule has 2 amide bonds. The first-order valence-corrected chi connectivity index (χ1v) is 14.7. The van der Waals surface area contributed by atoms with Crippen molar-refractivity contribution in [1.82, 2.24) is 20.6 Å². The van der Waals surface area contributed by atoms with E-state index in [2.05, 4.69) is 35.5 Å². The van der Waals surface area contributed by atoms with E-state index >= 15 is 0 Å². The van der Waals surface area contributed by atoms with E-state index in [1.54, 1.807) is 0 Å². The molecule has 0 radical (unpaired) electrons. The minimum atomic E-state index is -2.65. The van der Waals surface area contributed by atoms with Gasteiger partial charge in [0.2, 0.25) is 11.8 Å². The zero-order valence-electron chi connectivity index (χ0n) is 23.4. The molecule has 1 aliphatic heterocycles. The van der Waals surface area contributed by atoms with Crippen LogP contribution in [-0.2, 0) is 26.2 Å². The van der Waals surface area contributed by atoms with Crippen LogP contribution in [0.5, 0.6) is 0 Å². The highest BCUT2D eigenvalue weighted by Gasteiger charge is 2.46. The number of amides is 2. The summed E-state index contributed by atoms with van der Waals surface area (Å²) in [5, 5.41) is 5.95. The van der Waals surface area contributed by atoms with Crippen molar-refractivity contribution in [2.75, 3.05) is 19.8 Å². The molecule has 3 N–H and O–H groups in total. The second kappa shape index (κ2) is 12.4. The van der Waals surface area contributed by atoms with Crippen molar-refractivity contribution in [1.29, 1.82) is 0 Å². The number of benzene rings is 2. The number of nitrogens with one attached hydrogen (secondary N) is 3. The topological polar surface area (TPSA) is 96.1 Å². The molecule has 0 spiro atoms. The molecule has 3 atom stereocenters. The molecule has 1 saturated carbocycles. The maximum absolute atomic E-state index is 13.9. The molecular formula is C31H37ClF2N4O3. The number of alkyl halides is 2. The van der Waals surface area contributed by atoms with Gasteiger partial charge in [0, 0.05) is 18.1 Å². The number of carbonyl (C=O) groups is 2. The molecule has 3 aromatic rings. The molecule has 5 rings (SSSR count). The second-order valence-corrected chi connectivity index (χ2v) is 12.1. The molecule has 2 aromatic carbocycles. The van der Waals surface area contributed by atoms with E-state index in [9.17, 15) is 18.4 Å². The van der Waals surface area contributed by atoms with Crippen molar-refractivity contribution in [2.45, 2.75) is 69.8 Å². The fourth-order valence-corrected chi connectivity index (χ4v) is 6.26. The van der Waals surface area contributed by atoms with E-state index in [1.807, 2.05) is 36.4 Å². The summed E-state index contributed by atoms with van der Waals surface area (Å²) in [7, 11) is 0. The van der Waals surface area contributed by atoms with E-state index in [0.717, 1.165) is 52.3 Å². The van der Waals surface area contributed by atoms with Crippen LogP contribution in [0.2, 0.25) is 5.02 Å². The first-order chi connectivity index (χ1) is 19.7. The van der Waals surface area contributed by atoms with Gasteiger partial charge in [-0.3, -0.25) is 9.59 Å². The number of hydrogen-bond donors (Lipinski definition) is 3. The molecule has 7 nitrogen and oxygen atoms in total. The quantitative estimate of drug-likeness (QED) is 0.276. The third-order valence-electron chi connectivity index (χ3n) is 8.68. The smallest absolute Gasteiger partial charge is 0.255 e. The Hall–Kier alpha value is -3.04. The van der Waals surface area contributed by atoms with Gasteiger partial charge in [-0.1, -0.05) is 56.1 Å². The number of carbonyl (C=O) groups excluding carboxylic acids is 2. The number of aromatic amines is 1. The summed E-state index contributed by atoms with van der Waals surface area (Å²) in [5.41, 5.74) is 2.45. The highest BCUT2D eigenvalue weighted by atomic mass is 35.5. The minimum absolute atomic E-state index is 0.0688. The minimum Gasteiger partial charge on any atom is -0.380 e. The van der Waals surface area contributed by atoms with Crippen molar-refractivity contribution in [3.63, 3.8) is 0 Å². The number of halogens is 3. The lowest BCUT2D eigenvalue weighted by molar-refractivity contribution is -0.134. The number of aromatic nitrogens is 2. The van der Waals surface area contributed by atoms with Crippen molar-refractivity contribution >= 4 is 34.4 Å². The van der Waals surface area contributed by atoms with Crippen LogP contribution in [0.1, 0.15) is 62.4 Å². The van der Waals surface area contributed by atoms with Crippen LogP contribution in [0, 0.1) is 11.8 Å². The molecule has 10 heteroatoms. The van der Waals surface area contributed by atoms with E-state index in [0.29, 0.717) is 25.4 Å². The average Bonchev–Trinajstić information content (AvgIpc) is 3.56. The van der Waals surface area contributed by atoms with Crippen LogP contribution in [0.25, 0.3) is 11.0 Å². The lowest BCUT2D eigenvalue weighted by atomic mass is 9.76. The molecule has 1 aliphatic carbocycles. The average molecular weight is 587 g/mol.